The topological polar surface area (TPSA) is 25.2 Å². The molecular formula is C18H20N2OS. The summed E-state index contributed by atoms with van der Waals surface area (Å²) in [6.07, 6.45) is 3.53. The third-order valence-corrected chi connectivity index (χ3v) is 7.79. The van der Waals surface area contributed by atoms with E-state index in [1.165, 1.54) is 23.0 Å². The van der Waals surface area contributed by atoms with E-state index >= 15 is 0 Å². The maximum Gasteiger partial charge on any atom is 0.234 e. The summed E-state index contributed by atoms with van der Waals surface area (Å²) in [7, 11) is 0. The van der Waals surface area contributed by atoms with Crippen LogP contribution in [0, 0.1) is 5.41 Å². The van der Waals surface area contributed by atoms with E-state index in [4.69, 9.17) is 0 Å². The summed E-state index contributed by atoms with van der Waals surface area (Å²) in [6.45, 7) is 4.40. The zero-order chi connectivity index (χ0) is 14.9. The molecule has 0 radical (unpaired) electrons. The summed E-state index contributed by atoms with van der Waals surface area (Å²) < 4.78 is 2.47. The molecule has 0 bridgehead atoms. The van der Waals surface area contributed by atoms with E-state index in [1.54, 1.807) is 0 Å². The number of rotatable bonds is 0. The Balaban J connectivity index is 1.84. The van der Waals surface area contributed by atoms with Crippen LogP contribution < -0.4 is 0 Å². The monoisotopic (exact) mass is 312 g/mol. The van der Waals surface area contributed by atoms with Gasteiger partial charge < -0.3 is 9.47 Å². The highest BCUT2D eigenvalue weighted by Crippen LogP contribution is 2.64. The lowest BCUT2D eigenvalue weighted by atomic mass is 9.68. The summed E-state index contributed by atoms with van der Waals surface area (Å²) >= 11 is 1.88. The van der Waals surface area contributed by atoms with Gasteiger partial charge in [-0.3, -0.25) is 4.79 Å². The van der Waals surface area contributed by atoms with Crippen LogP contribution in [0.5, 0.6) is 0 Å². The minimum Gasteiger partial charge on any atom is -0.342 e. The molecule has 1 spiro atoms. The highest BCUT2D eigenvalue weighted by molar-refractivity contribution is 8.01. The molecule has 0 saturated carbocycles. The molecule has 4 heterocycles. The van der Waals surface area contributed by atoms with Crippen molar-refractivity contribution in [2.75, 3.05) is 12.3 Å². The number of carbonyl (C=O) groups excluding carboxylic acids is 1. The lowest BCUT2D eigenvalue weighted by molar-refractivity contribution is -0.138. The van der Waals surface area contributed by atoms with Crippen molar-refractivity contribution in [3.05, 3.63) is 36.0 Å². The summed E-state index contributed by atoms with van der Waals surface area (Å²) in [5, 5.41) is 1.31. The first-order valence-electron chi connectivity index (χ1n) is 8.19. The van der Waals surface area contributed by atoms with Crippen LogP contribution in [-0.4, -0.2) is 27.7 Å². The molecule has 0 unspecified atom stereocenters. The summed E-state index contributed by atoms with van der Waals surface area (Å²) in [5.41, 5.74) is 2.88. The van der Waals surface area contributed by atoms with Crippen molar-refractivity contribution in [1.82, 2.24) is 9.47 Å². The van der Waals surface area contributed by atoms with E-state index in [2.05, 4.69) is 46.7 Å². The Morgan fingerprint density at radius 1 is 1.18 bits per heavy atom. The molecule has 1 amide bonds. The number of carbonyl (C=O) groups is 1. The predicted molar refractivity (Wildman–Crippen MR) is 89.7 cm³/mol. The van der Waals surface area contributed by atoms with Crippen LogP contribution in [-0.2, 0) is 16.2 Å². The lowest BCUT2D eigenvalue weighted by Crippen LogP contribution is -2.59. The van der Waals surface area contributed by atoms with Crippen LogP contribution in [0.1, 0.15) is 31.9 Å². The van der Waals surface area contributed by atoms with Crippen molar-refractivity contribution in [2.24, 2.45) is 5.41 Å². The largest absolute Gasteiger partial charge is 0.342 e. The van der Waals surface area contributed by atoms with Crippen LogP contribution >= 0.6 is 11.8 Å². The number of para-hydroxylation sites is 1. The fourth-order valence-corrected chi connectivity index (χ4v) is 6.69. The molecule has 2 saturated heterocycles. The third kappa shape index (κ3) is 1.34. The molecule has 5 rings (SSSR count). The Hall–Kier alpha value is -1.42. The molecule has 3 nitrogen and oxygen atoms in total. The molecule has 3 aliphatic heterocycles. The Bertz CT molecular complexity index is 797. The van der Waals surface area contributed by atoms with Gasteiger partial charge in [0.2, 0.25) is 5.91 Å². The van der Waals surface area contributed by atoms with Crippen molar-refractivity contribution in [1.29, 1.82) is 0 Å². The second kappa shape index (κ2) is 4.10. The van der Waals surface area contributed by atoms with Crippen molar-refractivity contribution in [3.8, 4) is 0 Å². The van der Waals surface area contributed by atoms with Crippen molar-refractivity contribution in [3.63, 3.8) is 0 Å². The third-order valence-electron chi connectivity index (χ3n) is 6.06. The van der Waals surface area contributed by atoms with Crippen LogP contribution in [0.3, 0.4) is 0 Å². The van der Waals surface area contributed by atoms with E-state index in [9.17, 15) is 4.79 Å². The standard InChI is InChI=1S/C18H20N2OS/c1-17-7-4-9-20-16(21)12-22-18(17,20)15-11-13-5-2-3-6-14(13)19(15)10-8-17/h2-3,5-6,11H,4,7-10,12H2,1H3/t17-,18-/m0/s1. The molecule has 2 aromatic rings. The predicted octanol–water partition coefficient (Wildman–Crippen LogP) is 3.57. The Morgan fingerprint density at radius 3 is 2.95 bits per heavy atom. The second-order valence-electron chi connectivity index (χ2n) is 7.13. The van der Waals surface area contributed by atoms with E-state index in [0.29, 0.717) is 11.7 Å². The maximum absolute atomic E-state index is 12.5. The van der Waals surface area contributed by atoms with Gasteiger partial charge in [-0.15, -0.1) is 11.8 Å². The first-order chi connectivity index (χ1) is 10.7. The molecule has 22 heavy (non-hydrogen) atoms. The lowest BCUT2D eigenvalue weighted by Gasteiger charge is -2.56. The number of amides is 1. The van der Waals surface area contributed by atoms with Crippen LogP contribution in [0.25, 0.3) is 10.9 Å². The highest BCUT2D eigenvalue weighted by atomic mass is 32.2. The second-order valence-corrected chi connectivity index (χ2v) is 8.30. The van der Waals surface area contributed by atoms with Gasteiger partial charge in [-0.1, -0.05) is 25.1 Å². The Kier molecular flexibility index (Phi) is 2.44. The van der Waals surface area contributed by atoms with Gasteiger partial charge in [-0.05, 0) is 36.8 Å². The molecule has 0 aliphatic carbocycles. The van der Waals surface area contributed by atoms with Crippen molar-refractivity contribution >= 4 is 28.6 Å². The molecule has 1 aromatic heterocycles. The number of hydrogen-bond donors (Lipinski definition) is 0. The van der Waals surface area contributed by atoms with Gasteiger partial charge in [-0.25, -0.2) is 0 Å². The molecule has 114 valence electrons. The van der Waals surface area contributed by atoms with Gasteiger partial charge in [0.15, 0.2) is 0 Å². The van der Waals surface area contributed by atoms with Crippen LogP contribution in [0.4, 0.5) is 0 Å². The molecule has 1 aromatic carbocycles. The van der Waals surface area contributed by atoms with Crippen LogP contribution in [0.2, 0.25) is 0 Å². The minimum atomic E-state index is -0.139. The van der Waals surface area contributed by atoms with Gasteiger partial charge in [0.05, 0.1) is 11.4 Å². The van der Waals surface area contributed by atoms with E-state index in [0.717, 1.165) is 25.9 Å². The summed E-state index contributed by atoms with van der Waals surface area (Å²) in [5.74, 6) is 0.964. The molecule has 3 aliphatic rings. The zero-order valence-electron chi connectivity index (χ0n) is 12.8. The maximum atomic E-state index is 12.5. The van der Waals surface area contributed by atoms with E-state index in [-0.39, 0.29) is 10.3 Å². The fraction of sp³-hybridized carbons (Fsp3) is 0.500. The fourth-order valence-electron chi connectivity index (χ4n) is 4.98. The van der Waals surface area contributed by atoms with E-state index < -0.39 is 0 Å². The van der Waals surface area contributed by atoms with Crippen molar-refractivity contribution < 1.29 is 4.79 Å². The molecular weight excluding hydrogens is 292 g/mol. The minimum absolute atomic E-state index is 0.139. The summed E-state index contributed by atoms with van der Waals surface area (Å²) in [6, 6.07) is 11.0. The molecule has 0 N–H and O–H groups in total. The number of nitrogens with zero attached hydrogens (tertiary/aromatic N) is 2. The van der Waals surface area contributed by atoms with Gasteiger partial charge in [0.25, 0.3) is 0 Å². The number of thioether (sulfide) groups is 1. The van der Waals surface area contributed by atoms with Gasteiger partial charge >= 0.3 is 0 Å². The smallest absolute Gasteiger partial charge is 0.234 e. The highest BCUT2D eigenvalue weighted by Gasteiger charge is 2.62. The van der Waals surface area contributed by atoms with Crippen LogP contribution in [0.15, 0.2) is 30.3 Å². The van der Waals surface area contributed by atoms with Gasteiger partial charge in [-0.2, -0.15) is 0 Å². The quantitative estimate of drug-likeness (QED) is 0.743. The van der Waals surface area contributed by atoms with E-state index in [1.807, 2.05) is 11.8 Å². The molecule has 4 heteroatoms. The number of aryl methyl sites for hydroxylation is 1. The Morgan fingerprint density at radius 2 is 2.05 bits per heavy atom. The van der Waals surface area contributed by atoms with Gasteiger partial charge in [0, 0.05) is 24.0 Å². The average Bonchev–Trinajstić information content (AvgIpc) is 3.06. The average molecular weight is 312 g/mol. The zero-order valence-corrected chi connectivity index (χ0v) is 13.7. The first-order valence-corrected chi connectivity index (χ1v) is 9.17. The Labute approximate surface area is 134 Å². The normalized spacial score (nSPS) is 33.7. The molecule has 2 atom stereocenters. The first kappa shape index (κ1) is 13.1. The van der Waals surface area contributed by atoms with Gasteiger partial charge in [0.1, 0.15) is 4.87 Å². The summed E-state index contributed by atoms with van der Waals surface area (Å²) in [4.78, 5) is 14.6. The number of benzene rings is 1. The number of aromatic nitrogens is 1. The number of piperidine rings is 1. The number of hydrogen-bond acceptors (Lipinski definition) is 2. The number of fused-ring (bicyclic) bond motifs is 3. The molecule has 2 fully saturated rings. The van der Waals surface area contributed by atoms with Crippen molar-refractivity contribution in [2.45, 2.75) is 37.6 Å². The SMILES string of the molecule is C[C@@]12CCCN3C(=O)CS[C@]31c1cc3ccccc3n1CC2.